The molecule has 4 nitrogen and oxygen atoms in total. The highest BCUT2D eigenvalue weighted by molar-refractivity contribution is 5.01. The fourth-order valence-corrected chi connectivity index (χ4v) is 0.393. The zero-order chi connectivity index (χ0) is 5.98. The van der Waals surface area contributed by atoms with Crippen LogP contribution in [0.4, 0.5) is 0 Å². The van der Waals surface area contributed by atoms with Crippen molar-refractivity contribution in [3.8, 4) is 0 Å². The molecule has 44 valence electrons. The van der Waals surface area contributed by atoms with Gasteiger partial charge in [0, 0.05) is 0 Å². The van der Waals surface area contributed by atoms with Crippen LogP contribution in [-0.2, 0) is 6.61 Å². The van der Waals surface area contributed by atoms with E-state index in [0.717, 1.165) is 0 Å². The lowest BCUT2D eigenvalue weighted by molar-refractivity contribution is 0.254. The Morgan fingerprint density at radius 1 is 1.62 bits per heavy atom. The van der Waals surface area contributed by atoms with Crippen LogP contribution in [0, 0.1) is 6.92 Å². The number of hydrogen-bond acceptors (Lipinski definition) is 4. The number of nitrogens with zero attached hydrogens (tertiary/aromatic N) is 2. The van der Waals surface area contributed by atoms with Crippen LogP contribution in [0.1, 0.15) is 11.4 Å². The molecular formula is C4H6N2O2. The molecule has 0 aliphatic carbocycles. The van der Waals surface area contributed by atoms with Gasteiger partial charge in [0.15, 0.2) is 0 Å². The topological polar surface area (TPSA) is 59.2 Å². The number of hydrogen-bond donors (Lipinski definition) is 1. The predicted molar refractivity (Wildman–Crippen MR) is 25.0 cm³/mol. The van der Waals surface area contributed by atoms with Crippen molar-refractivity contribution in [3.63, 3.8) is 0 Å². The first-order valence-electron chi connectivity index (χ1n) is 2.23. The summed E-state index contributed by atoms with van der Waals surface area (Å²) in [6.45, 7) is 1.62. The van der Waals surface area contributed by atoms with Gasteiger partial charge < -0.3 is 5.11 Å². The van der Waals surface area contributed by atoms with E-state index in [-0.39, 0.29) is 6.61 Å². The van der Waals surface area contributed by atoms with Crippen LogP contribution in [-0.4, -0.2) is 15.4 Å². The van der Waals surface area contributed by atoms with E-state index in [1.165, 1.54) is 0 Å². The van der Waals surface area contributed by atoms with E-state index in [1.807, 2.05) is 0 Å². The van der Waals surface area contributed by atoms with E-state index in [1.54, 1.807) is 6.92 Å². The second-order valence-electron chi connectivity index (χ2n) is 1.45. The molecule has 0 bridgehead atoms. The summed E-state index contributed by atoms with van der Waals surface area (Å²) >= 11 is 0. The maximum atomic E-state index is 8.44. The number of rotatable bonds is 1. The maximum Gasteiger partial charge on any atom is 0.133 e. The molecule has 4 heteroatoms. The molecule has 0 spiro atoms. The summed E-state index contributed by atoms with van der Waals surface area (Å²) in [5.41, 5.74) is 1.15. The Kier molecular flexibility index (Phi) is 1.26. The van der Waals surface area contributed by atoms with E-state index in [0.29, 0.717) is 11.4 Å². The van der Waals surface area contributed by atoms with Gasteiger partial charge in [0.1, 0.15) is 11.4 Å². The summed E-state index contributed by atoms with van der Waals surface area (Å²) in [6, 6.07) is 0. The standard InChI is InChI=1S/C4H6N2O2/c1-3-4(2-7)6-8-5-3/h7H,2H2,1H3. The molecule has 0 fully saturated rings. The van der Waals surface area contributed by atoms with Crippen molar-refractivity contribution in [2.24, 2.45) is 0 Å². The average molecular weight is 114 g/mol. The zero-order valence-corrected chi connectivity index (χ0v) is 4.46. The molecule has 1 rings (SSSR count). The summed E-state index contributed by atoms with van der Waals surface area (Å²) in [5.74, 6) is 0. The SMILES string of the molecule is Cc1nonc1CO. The molecule has 0 amide bonds. The van der Waals surface area contributed by atoms with E-state index < -0.39 is 0 Å². The fraction of sp³-hybridized carbons (Fsp3) is 0.500. The minimum Gasteiger partial charge on any atom is -0.390 e. The van der Waals surface area contributed by atoms with Gasteiger partial charge in [-0.05, 0) is 6.92 Å². The summed E-state index contributed by atoms with van der Waals surface area (Å²) in [6.07, 6.45) is 0. The van der Waals surface area contributed by atoms with Crippen molar-refractivity contribution in [1.82, 2.24) is 10.3 Å². The smallest absolute Gasteiger partial charge is 0.133 e. The van der Waals surface area contributed by atoms with E-state index in [9.17, 15) is 0 Å². The highest BCUT2D eigenvalue weighted by Gasteiger charge is 1.99. The highest BCUT2D eigenvalue weighted by atomic mass is 16.6. The molecule has 0 aliphatic rings. The molecule has 0 saturated carbocycles. The average Bonchev–Trinajstić information content (AvgIpc) is 2.14. The van der Waals surface area contributed by atoms with Crippen molar-refractivity contribution in [2.45, 2.75) is 13.5 Å². The molecule has 8 heavy (non-hydrogen) atoms. The third-order valence-electron chi connectivity index (χ3n) is 0.896. The van der Waals surface area contributed by atoms with Crippen LogP contribution in [0.25, 0.3) is 0 Å². The highest BCUT2D eigenvalue weighted by Crippen LogP contribution is 1.97. The Labute approximate surface area is 46.1 Å². The van der Waals surface area contributed by atoms with Crippen LogP contribution in [0.5, 0.6) is 0 Å². The number of aromatic nitrogens is 2. The van der Waals surface area contributed by atoms with Gasteiger partial charge in [0.05, 0.1) is 6.61 Å². The first-order chi connectivity index (χ1) is 3.84. The Morgan fingerprint density at radius 3 is 2.62 bits per heavy atom. The second-order valence-corrected chi connectivity index (χ2v) is 1.45. The maximum absolute atomic E-state index is 8.44. The van der Waals surface area contributed by atoms with E-state index in [4.69, 9.17) is 5.11 Å². The normalized spacial score (nSPS) is 9.75. The van der Waals surface area contributed by atoms with Crippen LogP contribution >= 0.6 is 0 Å². The van der Waals surface area contributed by atoms with Crippen molar-refractivity contribution < 1.29 is 9.74 Å². The zero-order valence-electron chi connectivity index (χ0n) is 4.46. The molecule has 1 heterocycles. The molecule has 0 aliphatic heterocycles. The molecule has 0 saturated heterocycles. The summed E-state index contributed by atoms with van der Waals surface area (Å²) in [4.78, 5) is 0. The minimum atomic E-state index is -0.102. The first-order valence-corrected chi connectivity index (χ1v) is 2.23. The van der Waals surface area contributed by atoms with Gasteiger partial charge in [0.25, 0.3) is 0 Å². The Bertz CT molecular complexity index is 172. The van der Waals surface area contributed by atoms with Crippen LogP contribution in [0.3, 0.4) is 0 Å². The predicted octanol–water partition coefficient (Wildman–Crippen LogP) is -0.130. The number of aryl methyl sites for hydroxylation is 1. The first kappa shape index (κ1) is 5.24. The lowest BCUT2D eigenvalue weighted by Gasteiger charge is -1.80. The Morgan fingerprint density at radius 2 is 2.38 bits per heavy atom. The molecular weight excluding hydrogens is 108 g/mol. The fourth-order valence-electron chi connectivity index (χ4n) is 0.393. The van der Waals surface area contributed by atoms with Gasteiger partial charge in [-0.3, -0.25) is 0 Å². The molecule has 0 atom stereocenters. The Hall–Kier alpha value is -0.900. The largest absolute Gasteiger partial charge is 0.390 e. The van der Waals surface area contributed by atoms with Crippen LogP contribution in [0.2, 0.25) is 0 Å². The number of aliphatic hydroxyl groups is 1. The lowest BCUT2D eigenvalue weighted by atomic mass is 10.4. The quantitative estimate of drug-likeness (QED) is 0.552. The van der Waals surface area contributed by atoms with Crippen molar-refractivity contribution in [3.05, 3.63) is 11.4 Å². The molecule has 1 N–H and O–H groups in total. The molecule has 1 aromatic rings. The van der Waals surface area contributed by atoms with E-state index in [2.05, 4.69) is 14.9 Å². The third kappa shape index (κ3) is 0.696. The van der Waals surface area contributed by atoms with Crippen molar-refractivity contribution in [1.29, 1.82) is 0 Å². The van der Waals surface area contributed by atoms with Gasteiger partial charge in [0.2, 0.25) is 0 Å². The van der Waals surface area contributed by atoms with Gasteiger partial charge >= 0.3 is 0 Å². The van der Waals surface area contributed by atoms with Crippen molar-refractivity contribution >= 4 is 0 Å². The van der Waals surface area contributed by atoms with Crippen LogP contribution in [0.15, 0.2) is 4.63 Å². The number of aliphatic hydroxyl groups excluding tert-OH is 1. The third-order valence-corrected chi connectivity index (χ3v) is 0.896. The lowest BCUT2D eigenvalue weighted by Crippen LogP contribution is -1.84. The van der Waals surface area contributed by atoms with Gasteiger partial charge in [-0.2, -0.15) is 0 Å². The molecule has 0 aromatic carbocycles. The monoisotopic (exact) mass is 114 g/mol. The molecule has 1 aromatic heterocycles. The van der Waals surface area contributed by atoms with Gasteiger partial charge in [-0.15, -0.1) is 0 Å². The molecule has 0 unspecified atom stereocenters. The minimum absolute atomic E-state index is 0.102. The Balaban J connectivity index is 2.92. The molecule has 0 radical (unpaired) electrons. The summed E-state index contributed by atoms with van der Waals surface area (Å²) in [7, 11) is 0. The van der Waals surface area contributed by atoms with Crippen molar-refractivity contribution in [2.75, 3.05) is 0 Å². The van der Waals surface area contributed by atoms with Gasteiger partial charge in [-0.1, -0.05) is 10.3 Å². The van der Waals surface area contributed by atoms with Gasteiger partial charge in [-0.25, -0.2) is 4.63 Å². The van der Waals surface area contributed by atoms with Crippen LogP contribution < -0.4 is 0 Å². The summed E-state index contributed by atoms with van der Waals surface area (Å²) in [5, 5.41) is 15.3. The second kappa shape index (κ2) is 1.92. The summed E-state index contributed by atoms with van der Waals surface area (Å²) < 4.78 is 4.28. The van der Waals surface area contributed by atoms with E-state index >= 15 is 0 Å².